The second kappa shape index (κ2) is 7.02. The van der Waals surface area contributed by atoms with Crippen molar-refractivity contribution in [3.63, 3.8) is 0 Å². The molecule has 1 aromatic heterocycles. The van der Waals surface area contributed by atoms with Gasteiger partial charge in [-0.2, -0.15) is 4.31 Å². The Bertz CT molecular complexity index is 669. The van der Waals surface area contributed by atoms with Crippen molar-refractivity contribution in [2.45, 2.75) is 13.5 Å². The van der Waals surface area contributed by atoms with Gasteiger partial charge in [-0.15, -0.1) is 11.3 Å². The molecule has 2 aromatic rings. The second-order valence-corrected chi connectivity index (χ2v) is 7.75. The van der Waals surface area contributed by atoms with Gasteiger partial charge in [-0.3, -0.25) is 0 Å². The summed E-state index contributed by atoms with van der Waals surface area (Å²) < 4.78 is 31.1. The molecule has 0 amide bonds. The molecule has 0 radical (unpaired) electrons. The third kappa shape index (κ3) is 4.80. The zero-order valence-electron chi connectivity index (χ0n) is 12.0. The molecule has 0 spiro atoms. The fourth-order valence-corrected chi connectivity index (χ4v) is 3.53. The Morgan fingerprint density at radius 3 is 2.62 bits per heavy atom. The van der Waals surface area contributed by atoms with Crippen molar-refractivity contribution in [2.75, 3.05) is 19.4 Å². The van der Waals surface area contributed by atoms with Crippen LogP contribution in [-0.2, 0) is 16.6 Å². The molecule has 0 saturated carbocycles. The highest BCUT2D eigenvalue weighted by Crippen LogP contribution is 2.13. The first-order valence-corrected chi connectivity index (χ1v) is 8.99. The maximum Gasteiger partial charge on any atom is 0.217 e. The Morgan fingerprint density at radius 2 is 2.00 bits per heavy atom. The van der Waals surface area contributed by atoms with E-state index in [0.29, 0.717) is 12.3 Å². The van der Waals surface area contributed by atoms with Crippen LogP contribution in [0.1, 0.15) is 10.7 Å². The molecule has 1 aromatic carbocycles. The van der Waals surface area contributed by atoms with Gasteiger partial charge in [0.05, 0.1) is 12.3 Å². The van der Waals surface area contributed by atoms with Crippen LogP contribution in [0.25, 0.3) is 0 Å². The molecular weight excluding hydrogens is 308 g/mol. The zero-order chi connectivity index (χ0) is 15.3. The summed E-state index contributed by atoms with van der Waals surface area (Å²) in [5.41, 5.74) is 0.910. The van der Waals surface area contributed by atoms with Gasteiger partial charge in [-0.1, -0.05) is 18.2 Å². The normalized spacial score (nSPS) is 11.8. The van der Waals surface area contributed by atoms with Gasteiger partial charge in [0.15, 0.2) is 0 Å². The van der Waals surface area contributed by atoms with Gasteiger partial charge < -0.3 is 4.74 Å². The zero-order valence-corrected chi connectivity index (χ0v) is 13.7. The van der Waals surface area contributed by atoms with Crippen molar-refractivity contribution in [3.8, 4) is 5.75 Å². The highest BCUT2D eigenvalue weighted by Gasteiger charge is 2.19. The maximum absolute atomic E-state index is 12.2. The molecule has 0 aliphatic carbocycles. The summed E-state index contributed by atoms with van der Waals surface area (Å²) in [5, 5.41) is 2.71. The fourth-order valence-electron chi connectivity index (χ4n) is 1.70. The summed E-state index contributed by atoms with van der Waals surface area (Å²) in [6.45, 7) is 2.32. The van der Waals surface area contributed by atoms with Crippen LogP contribution in [0.3, 0.4) is 0 Å². The summed E-state index contributed by atoms with van der Waals surface area (Å²) in [5.74, 6) is 0.619. The van der Waals surface area contributed by atoms with Crippen molar-refractivity contribution in [1.29, 1.82) is 0 Å². The fraction of sp³-hybridized carbons (Fsp3) is 0.357. The number of hydrogen-bond donors (Lipinski definition) is 0. The minimum absolute atomic E-state index is 0.0528. The average Bonchev–Trinajstić information content (AvgIpc) is 2.85. The first-order valence-electron chi connectivity index (χ1n) is 6.50. The lowest BCUT2D eigenvalue weighted by atomic mass is 10.3. The Labute approximate surface area is 129 Å². The molecule has 0 atom stereocenters. The quantitative estimate of drug-likeness (QED) is 0.783. The van der Waals surface area contributed by atoms with E-state index in [1.54, 1.807) is 19.2 Å². The number of ether oxygens (including phenoxy) is 1. The molecule has 0 N–H and O–H groups in total. The largest absolute Gasteiger partial charge is 0.492 e. The molecule has 21 heavy (non-hydrogen) atoms. The van der Waals surface area contributed by atoms with Gasteiger partial charge in [0, 0.05) is 18.1 Å². The van der Waals surface area contributed by atoms with E-state index in [1.165, 1.54) is 15.6 Å². The van der Waals surface area contributed by atoms with Crippen LogP contribution in [0.2, 0.25) is 0 Å². The second-order valence-electron chi connectivity index (χ2n) is 4.62. The summed E-state index contributed by atoms with van der Waals surface area (Å²) >= 11 is 1.47. The third-order valence-electron chi connectivity index (χ3n) is 2.85. The van der Waals surface area contributed by atoms with Crippen LogP contribution >= 0.6 is 11.3 Å². The van der Waals surface area contributed by atoms with Crippen LogP contribution < -0.4 is 4.74 Å². The topological polar surface area (TPSA) is 59.5 Å². The lowest BCUT2D eigenvalue weighted by molar-refractivity contribution is 0.336. The smallest absolute Gasteiger partial charge is 0.217 e. The Kier molecular flexibility index (Phi) is 5.33. The maximum atomic E-state index is 12.2. The number of rotatable bonds is 7. The van der Waals surface area contributed by atoms with E-state index in [0.717, 1.165) is 10.7 Å². The standard InChI is InChI=1S/C14H18N2O3S2/c1-12-11-20-14(15-12)10-16(2)21(17,18)9-8-19-13-6-4-3-5-7-13/h3-7,11H,8-10H2,1-2H3. The Balaban J connectivity index is 1.86. The predicted octanol–water partition coefficient (Wildman–Crippen LogP) is 2.29. The number of aromatic nitrogens is 1. The van der Waals surface area contributed by atoms with E-state index in [2.05, 4.69) is 4.98 Å². The predicted molar refractivity (Wildman–Crippen MR) is 84.0 cm³/mol. The molecule has 0 fully saturated rings. The number of sulfonamides is 1. The van der Waals surface area contributed by atoms with E-state index in [9.17, 15) is 8.42 Å². The molecule has 7 heteroatoms. The average molecular weight is 326 g/mol. The van der Waals surface area contributed by atoms with Crippen LogP contribution in [0.4, 0.5) is 0 Å². The molecule has 0 aliphatic heterocycles. The van der Waals surface area contributed by atoms with E-state index >= 15 is 0 Å². The molecule has 5 nitrogen and oxygen atoms in total. The molecule has 2 rings (SSSR count). The highest BCUT2D eigenvalue weighted by atomic mass is 32.2. The summed E-state index contributed by atoms with van der Waals surface area (Å²) in [6.07, 6.45) is 0. The van der Waals surface area contributed by atoms with E-state index in [4.69, 9.17) is 4.74 Å². The SMILES string of the molecule is Cc1csc(CN(C)S(=O)(=O)CCOc2ccccc2)n1. The van der Waals surface area contributed by atoms with Crippen molar-refractivity contribution in [3.05, 3.63) is 46.4 Å². The lowest BCUT2D eigenvalue weighted by Crippen LogP contribution is -2.31. The van der Waals surface area contributed by atoms with Crippen molar-refractivity contribution in [1.82, 2.24) is 9.29 Å². The van der Waals surface area contributed by atoms with Crippen molar-refractivity contribution >= 4 is 21.4 Å². The molecular formula is C14H18N2O3S2. The van der Waals surface area contributed by atoms with Gasteiger partial charge in [-0.05, 0) is 19.1 Å². The third-order valence-corrected chi connectivity index (χ3v) is 5.57. The first-order chi connectivity index (χ1) is 9.97. The molecule has 0 aliphatic rings. The highest BCUT2D eigenvalue weighted by molar-refractivity contribution is 7.89. The Hall–Kier alpha value is -1.44. The summed E-state index contributed by atoms with van der Waals surface area (Å²) in [4.78, 5) is 4.27. The van der Waals surface area contributed by atoms with Crippen molar-refractivity contribution in [2.24, 2.45) is 0 Å². The molecule has 1 heterocycles. The number of hydrogen-bond acceptors (Lipinski definition) is 5. The number of nitrogens with zero attached hydrogens (tertiary/aromatic N) is 2. The van der Waals surface area contributed by atoms with E-state index in [1.807, 2.05) is 30.5 Å². The Morgan fingerprint density at radius 1 is 1.29 bits per heavy atom. The lowest BCUT2D eigenvalue weighted by Gasteiger charge is -2.16. The van der Waals surface area contributed by atoms with Crippen LogP contribution in [0.5, 0.6) is 5.75 Å². The number of para-hydroxylation sites is 1. The molecule has 0 saturated heterocycles. The molecule has 114 valence electrons. The molecule has 0 unspecified atom stereocenters. The number of benzene rings is 1. The van der Waals surface area contributed by atoms with Gasteiger partial charge in [-0.25, -0.2) is 13.4 Å². The van der Waals surface area contributed by atoms with E-state index in [-0.39, 0.29) is 12.4 Å². The summed E-state index contributed by atoms with van der Waals surface area (Å²) in [6, 6.07) is 9.18. The minimum atomic E-state index is -3.34. The van der Waals surface area contributed by atoms with Crippen LogP contribution in [-0.4, -0.2) is 37.1 Å². The monoisotopic (exact) mass is 326 g/mol. The summed E-state index contributed by atoms with van der Waals surface area (Å²) in [7, 11) is -1.78. The number of thiazole rings is 1. The van der Waals surface area contributed by atoms with Gasteiger partial charge >= 0.3 is 0 Å². The van der Waals surface area contributed by atoms with Crippen LogP contribution in [0.15, 0.2) is 35.7 Å². The first kappa shape index (κ1) is 15.9. The van der Waals surface area contributed by atoms with Gasteiger partial charge in [0.25, 0.3) is 0 Å². The van der Waals surface area contributed by atoms with Crippen molar-refractivity contribution < 1.29 is 13.2 Å². The van der Waals surface area contributed by atoms with Gasteiger partial charge in [0.1, 0.15) is 17.4 Å². The van der Waals surface area contributed by atoms with Gasteiger partial charge in [0.2, 0.25) is 10.0 Å². The van der Waals surface area contributed by atoms with E-state index < -0.39 is 10.0 Å². The number of aryl methyl sites for hydroxylation is 1. The minimum Gasteiger partial charge on any atom is -0.492 e. The molecule has 0 bridgehead atoms. The van der Waals surface area contributed by atoms with Crippen LogP contribution in [0, 0.1) is 6.92 Å².